The number of phenolic OH excluding ortho intramolecular Hbond substituents is 1. The molecule has 0 saturated heterocycles. The van der Waals surface area contributed by atoms with E-state index in [2.05, 4.69) is 19.1 Å². The van der Waals surface area contributed by atoms with Crippen LogP contribution in [-0.2, 0) is 6.42 Å². The van der Waals surface area contributed by atoms with Crippen molar-refractivity contribution in [2.45, 2.75) is 25.4 Å². The van der Waals surface area contributed by atoms with Crippen LogP contribution in [0.3, 0.4) is 0 Å². The first-order valence-electron chi connectivity index (χ1n) is 6.80. The molecule has 3 heteroatoms. The SMILES string of the molecule is COc1ccc(CC2Oc3ccc(O)cc3C2C)cc1. The van der Waals surface area contributed by atoms with Gasteiger partial charge in [-0.1, -0.05) is 19.1 Å². The van der Waals surface area contributed by atoms with Crippen LogP contribution in [0.5, 0.6) is 17.2 Å². The number of fused-ring (bicyclic) bond motifs is 1. The van der Waals surface area contributed by atoms with Crippen LogP contribution >= 0.6 is 0 Å². The van der Waals surface area contributed by atoms with Crippen molar-refractivity contribution in [1.82, 2.24) is 0 Å². The lowest BCUT2D eigenvalue weighted by atomic mass is 9.93. The highest BCUT2D eigenvalue weighted by molar-refractivity contribution is 5.45. The minimum Gasteiger partial charge on any atom is -0.508 e. The average Bonchev–Trinajstić information content (AvgIpc) is 2.76. The van der Waals surface area contributed by atoms with Gasteiger partial charge in [-0.25, -0.2) is 0 Å². The summed E-state index contributed by atoms with van der Waals surface area (Å²) in [5.74, 6) is 2.32. The smallest absolute Gasteiger partial charge is 0.123 e. The molecule has 1 heterocycles. The first kappa shape index (κ1) is 12.9. The number of aromatic hydroxyl groups is 1. The fourth-order valence-electron chi connectivity index (χ4n) is 2.68. The summed E-state index contributed by atoms with van der Waals surface area (Å²) in [6, 6.07) is 13.4. The Balaban J connectivity index is 1.76. The van der Waals surface area contributed by atoms with E-state index in [1.807, 2.05) is 18.2 Å². The molecule has 2 aromatic carbocycles. The van der Waals surface area contributed by atoms with E-state index in [0.717, 1.165) is 23.5 Å². The van der Waals surface area contributed by atoms with E-state index in [0.29, 0.717) is 5.75 Å². The van der Waals surface area contributed by atoms with E-state index in [9.17, 15) is 5.11 Å². The Labute approximate surface area is 118 Å². The highest BCUT2D eigenvalue weighted by Crippen LogP contribution is 2.40. The third-order valence-corrected chi connectivity index (χ3v) is 3.92. The first-order valence-corrected chi connectivity index (χ1v) is 6.80. The maximum absolute atomic E-state index is 9.58. The molecule has 2 atom stereocenters. The van der Waals surface area contributed by atoms with Crippen molar-refractivity contribution in [1.29, 1.82) is 0 Å². The molecular formula is C17H18O3. The van der Waals surface area contributed by atoms with Gasteiger partial charge in [0, 0.05) is 17.9 Å². The van der Waals surface area contributed by atoms with Crippen LogP contribution in [0, 0.1) is 0 Å². The van der Waals surface area contributed by atoms with Crippen molar-refractivity contribution in [3.8, 4) is 17.2 Å². The molecule has 0 amide bonds. The molecule has 1 aliphatic rings. The van der Waals surface area contributed by atoms with Gasteiger partial charge in [0.1, 0.15) is 23.4 Å². The number of methoxy groups -OCH3 is 1. The Hall–Kier alpha value is -2.16. The molecule has 0 bridgehead atoms. The van der Waals surface area contributed by atoms with Gasteiger partial charge in [0.25, 0.3) is 0 Å². The fourth-order valence-corrected chi connectivity index (χ4v) is 2.68. The molecule has 0 spiro atoms. The second-order valence-corrected chi connectivity index (χ2v) is 5.22. The predicted molar refractivity (Wildman–Crippen MR) is 77.6 cm³/mol. The molecule has 3 nitrogen and oxygen atoms in total. The fraction of sp³-hybridized carbons (Fsp3) is 0.294. The number of benzene rings is 2. The van der Waals surface area contributed by atoms with E-state index in [1.165, 1.54) is 5.56 Å². The lowest BCUT2D eigenvalue weighted by Crippen LogP contribution is -2.19. The zero-order chi connectivity index (χ0) is 14.1. The van der Waals surface area contributed by atoms with E-state index in [1.54, 1.807) is 19.2 Å². The van der Waals surface area contributed by atoms with Gasteiger partial charge in [-0.15, -0.1) is 0 Å². The topological polar surface area (TPSA) is 38.7 Å². The van der Waals surface area contributed by atoms with Gasteiger partial charge < -0.3 is 14.6 Å². The average molecular weight is 270 g/mol. The Kier molecular flexibility index (Phi) is 3.26. The maximum Gasteiger partial charge on any atom is 0.123 e. The Bertz CT molecular complexity index is 604. The van der Waals surface area contributed by atoms with Crippen LogP contribution < -0.4 is 9.47 Å². The van der Waals surface area contributed by atoms with Crippen LogP contribution in [0.15, 0.2) is 42.5 Å². The quantitative estimate of drug-likeness (QED) is 0.927. The third-order valence-electron chi connectivity index (χ3n) is 3.92. The molecule has 2 aromatic rings. The summed E-state index contributed by atoms with van der Waals surface area (Å²) in [6.07, 6.45) is 0.959. The normalized spacial score (nSPS) is 20.3. The lowest BCUT2D eigenvalue weighted by molar-refractivity contribution is 0.211. The molecular weight excluding hydrogens is 252 g/mol. The number of phenols is 1. The minimum atomic E-state index is 0.111. The van der Waals surface area contributed by atoms with Gasteiger partial charge in [-0.05, 0) is 35.9 Å². The Morgan fingerprint density at radius 2 is 1.90 bits per heavy atom. The molecule has 0 saturated carbocycles. The maximum atomic E-state index is 9.58. The number of rotatable bonds is 3. The molecule has 1 aliphatic heterocycles. The summed E-state index contributed by atoms with van der Waals surface area (Å²) in [7, 11) is 1.67. The first-order chi connectivity index (χ1) is 9.67. The van der Waals surface area contributed by atoms with E-state index >= 15 is 0 Å². The van der Waals surface area contributed by atoms with Crippen LogP contribution in [0.4, 0.5) is 0 Å². The van der Waals surface area contributed by atoms with Gasteiger partial charge in [0.2, 0.25) is 0 Å². The molecule has 1 N–H and O–H groups in total. The largest absolute Gasteiger partial charge is 0.508 e. The van der Waals surface area contributed by atoms with Crippen LogP contribution in [0.25, 0.3) is 0 Å². The van der Waals surface area contributed by atoms with Crippen molar-refractivity contribution >= 4 is 0 Å². The second kappa shape index (κ2) is 5.08. The highest BCUT2D eigenvalue weighted by atomic mass is 16.5. The molecule has 0 radical (unpaired) electrons. The van der Waals surface area contributed by atoms with E-state index < -0.39 is 0 Å². The standard InChI is InChI=1S/C17H18O3/c1-11-15-10-13(18)5-8-16(15)20-17(11)9-12-3-6-14(19-2)7-4-12/h3-8,10-11,17-18H,9H2,1-2H3. The number of hydrogen-bond acceptors (Lipinski definition) is 3. The predicted octanol–water partition coefficient (Wildman–Crippen LogP) is 3.51. The van der Waals surface area contributed by atoms with Gasteiger partial charge >= 0.3 is 0 Å². The minimum absolute atomic E-state index is 0.111. The summed E-state index contributed by atoms with van der Waals surface area (Å²) >= 11 is 0. The summed E-state index contributed by atoms with van der Waals surface area (Å²) < 4.78 is 11.2. The number of ether oxygens (including phenoxy) is 2. The summed E-state index contributed by atoms with van der Waals surface area (Å²) in [5.41, 5.74) is 2.31. The third kappa shape index (κ3) is 2.31. The van der Waals surface area contributed by atoms with Crippen molar-refractivity contribution in [3.05, 3.63) is 53.6 Å². The van der Waals surface area contributed by atoms with Crippen LogP contribution in [0.1, 0.15) is 24.0 Å². The van der Waals surface area contributed by atoms with E-state index in [4.69, 9.17) is 9.47 Å². The van der Waals surface area contributed by atoms with Gasteiger partial charge in [0.15, 0.2) is 0 Å². The molecule has 0 fully saturated rings. The molecule has 0 aliphatic carbocycles. The monoisotopic (exact) mass is 270 g/mol. The summed E-state index contributed by atoms with van der Waals surface area (Å²) in [5, 5.41) is 9.58. The van der Waals surface area contributed by atoms with Gasteiger partial charge in [-0.3, -0.25) is 0 Å². The Morgan fingerprint density at radius 1 is 1.15 bits per heavy atom. The van der Waals surface area contributed by atoms with E-state index in [-0.39, 0.29) is 12.0 Å². The number of hydrogen-bond donors (Lipinski definition) is 1. The van der Waals surface area contributed by atoms with Gasteiger partial charge in [-0.2, -0.15) is 0 Å². The van der Waals surface area contributed by atoms with Crippen molar-refractivity contribution in [3.63, 3.8) is 0 Å². The van der Waals surface area contributed by atoms with Crippen LogP contribution in [-0.4, -0.2) is 18.3 Å². The lowest BCUT2D eigenvalue weighted by Gasteiger charge is -2.15. The zero-order valence-corrected chi connectivity index (χ0v) is 11.7. The van der Waals surface area contributed by atoms with Crippen LogP contribution in [0.2, 0.25) is 0 Å². The molecule has 104 valence electrons. The Morgan fingerprint density at radius 3 is 2.60 bits per heavy atom. The molecule has 0 aromatic heterocycles. The highest BCUT2D eigenvalue weighted by Gasteiger charge is 2.31. The molecule has 2 unspecified atom stereocenters. The van der Waals surface area contributed by atoms with Crippen molar-refractivity contribution in [2.24, 2.45) is 0 Å². The molecule has 20 heavy (non-hydrogen) atoms. The summed E-state index contributed by atoms with van der Waals surface area (Å²) in [4.78, 5) is 0. The summed E-state index contributed by atoms with van der Waals surface area (Å²) in [6.45, 7) is 2.14. The zero-order valence-electron chi connectivity index (χ0n) is 11.7. The second-order valence-electron chi connectivity index (χ2n) is 5.22. The van der Waals surface area contributed by atoms with Crippen molar-refractivity contribution in [2.75, 3.05) is 7.11 Å². The molecule has 3 rings (SSSR count). The van der Waals surface area contributed by atoms with Crippen molar-refractivity contribution < 1.29 is 14.6 Å². The van der Waals surface area contributed by atoms with Gasteiger partial charge in [0.05, 0.1) is 7.11 Å².